The molecule has 66 valence electrons. The molecule has 0 nitrogen and oxygen atoms in total. The van der Waals surface area contributed by atoms with Gasteiger partial charge in [-0.3, -0.25) is 0 Å². The molecular weight excluding hydrogens is 132 g/mol. The monoisotopic (exact) mass is 154 g/mol. The van der Waals surface area contributed by atoms with Crippen molar-refractivity contribution in [3.05, 3.63) is 0 Å². The number of hydrogen-bond acceptors (Lipinski definition) is 0. The van der Waals surface area contributed by atoms with E-state index in [9.17, 15) is 0 Å². The van der Waals surface area contributed by atoms with E-state index in [1.54, 1.807) is 0 Å². The summed E-state index contributed by atoms with van der Waals surface area (Å²) in [5.74, 6) is 1.11. The molecule has 0 N–H and O–H groups in total. The molecule has 0 atom stereocenters. The van der Waals surface area contributed by atoms with Crippen LogP contribution < -0.4 is 0 Å². The molecule has 0 unspecified atom stereocenters. The summed E-state index contributed by atoms with van der Waals surface area (Å²) in [5, 5.41) is 0. The average molecular weight is 154 g/mol. The summed E-state index contributed by atoms with van der Waals surface area (Å²) >= 11 is 0. The Morgan fingerprint density at radius 3 is 2.36 bits per heavy atom. The quantitative estimate of drug-likeness (QED) is 0.534. The molecule has 1 aliphatic carbocycles. The normalized spacial score (nSPS) is 20.5. The van der Waals surface area contributed by atoms with E-state index in [0.29, 0.717) is 0 Å². The lowest BCUT2D eigenvalue weighted by Crippen LogP contribution is -2.05. The Hall–Kier alpha value is 0. The zero-order valence-electron chi connectivity index (χ0n) is 7.94. The highest BCUT2D eigenvalue weighted by Crippen LogP contribution is 2.27. The van der Waals surface area contributed by atoms with Crippen molar-refractivity contribution in [1.29, 1.82) is 0 Å². The second kappa shape index (κ2) is 5.62. The molecular formula is C11H22. The standard InChI is InChI=1S/C11H22/c1-2-3-5-8-11-9-6-4-7-10-11/h11H,2-10H2,1H3. The molecule has 0 spiro atoms. The third-order valence-corrected chi connectivity index (χ3v) is 2.94. The van der Waals surface area contributed by atoms with E-state index < -0.39 is 0 Å². The third kappa shape index (κ3) is 3.79. The lowest BCUT2D eigenvalue weighted by Gasteiger charge is -2.20. The molecule has 0 bridgehead atoms. The fourth-order valence-corrected chi connectivity index (χ4v) is 2.16. The van der Waals surface area contributed by atoms with Gasteiger partial charge in [-0.15, -0.1) is 0 Å². The predicted molar refractivity (Wildman–Crippen MR) is 50.7 cm³/mol. The van der Waals surface area contributed by atoms with Crippen LogP contribution in [-0.2, 0) is 0 Å². The number of rotatable bonds is 4. The van der Waals surface area contributed by atoms with Crippen LogP contribution >= 0.6 is 0 Å². The average Bonchev–Trinajstić information content (AvgIpc) is 2.07. The van der Waals surface area contributed by atoms with Gasteiger partial charge in [-0.05, 0) is 5.92 Å². The molecule has 1 saturated carbocycles. The minimum Gasteiger partial charge on any atom is -0.0654 e. The van der Waals surface area contributed by atoms with Gasteiger partial charge in [-0.2, -0.15) is 0 Å². The molecule has 0 radical (unpaired) electrons. The van der Waals surface area contributed by atoms with Crippen LogP contribution in [0.2, 0.25) is 0 Å². The van der Waals surface area contributed by atoms with Gasteiger partial charge in [0.1, 0.15) is 0 Å². The van der Waals surface area contributed by atoms with E-state index in [1.807, 2.05) is 0 Å². The number of hydrogen-bond donors (Lipinski definition) is 0. The smallest absolute Gasteiger partial charge is 0.0414 e. The molecule has 0 saturated heterocycles. The second-order valence-corrected chi connectivity index (χ2v) is 4.00. The van der Waals surface area contributed by atoms with Gasteiger partial charge >= 0.3 is 0 Å². The minimum absolute atomic E-state index is 1.11. The molecule has 0 heterocycles. The molecule has 0 aromatic rings. The SMILES string of the molecule is CCCCCC1CCCCC1. The van der Waals surface area contributed by atoms with Crippen LogP contribution in [0.4, 0.5) is 0 Å². The summed E-state index contributed by atoms with van der Waals surface area (Å²) < 4.78 is 0. The molecule has 1 rings (SSSR count). The van der Waals surface area contributed by atoms with Crippen LogP contribution in [0, 0.1) is 5.92 Å². The van der Waals surface area contributed by atoms with E-state index in [-0.39, 0.29) is 0 Å². The van der Waals surface area contributed by atoms with Crippen LogP contribution in [-0.4, -0.2) is 0 Å². The first-order valence-electron chi connectivity index (χ1n) is 5.43. The molecule has 0 aliphatic heterocycles. The Labute approximate surface area is 71.4 Å². The fraction of sp³-hybridized carbons (Fsp3) is 1.00. The van der Waals surface area contributed by atoms with E-state index in [4.69, 9.17) is 0 Å². The van der Waals surface area contributed by atoms with E-state index >= 15 is 0 Å². The van der Waals surface area contributed by atoms with Gasteiger partial charge in [0, 0.05) is 0 Å². The first-order chi connectivity index (χ1) is 5.43. The Morgan fingerprint density at radius 2 is 1.73 bits per heavy atom. The molecule has 0 amide bonds. The Morgan fingerprint density at radius 1 is 1.00 bits per heavy atom. The van der Waals surface area contributed by atoms with Crippen LogP contribution in [0.5, 0.6) is 0 Å². The maximum absolute atomic E-state index is 2.29. The van der Waals surface area contributed by atoms with Gasteiger partial charge in [0.15, 0.2) is 0 Å². The van der Waals surface area contributed by atoms with Crippen molar-refractivity contribution >= 4 is 0 Å². The Balaban J connectivity index is 1.96. The van der Waals surface area contributed by atoms with Crippen molar-refractivity contribution in [1.82, 2.24) is 0 Å². The van der Waals surface area contributed by atoms with E-state index in [1.165, 1.54) is 57.8 Å². The van der Waals surface area contributed by atoms with Gasteiger partial charge in [0.05, 0.1) is 0 Å². The molecule has 1 aliphatic rings. The van der Waals surface area contributed by atoms with Crippen molar-refractivity contribution in [2.75, 3.05) is 0 Å². The van der Waals surface area contributed by atoms with Crippen LogP contribution in [0.1, 0.15) is 64.7 Å². The molecule has 0 aromatic heterocycles. The highest BCUT2D eigenvalue weighted by molar-refractivity contribution is 4.65. The highest BCUT2D eigenvalue weighted by atomic mass is 14.2. The molecule has 0 heteroatoms. The Bertz CT molecular complexity index is 80.0. The topological polar surface area (TPSA) is 0 Å². The maximum atomic E-state index is 2.29. The van der Waals surface area contributed by atoms with Gasteiger partial charge < -0.3 is 0 Å². The third-order valence-electron chi connectivity index (χ3n) is 2.94. The molecule has 11 heavy (non-hydrogen) atoms. The van der Waals surface area contributed by atoms with Gasteiger partial charge in [-0.1, -0.05) is 64.7 Å². The summed E-state index contributed by atoms with van der Waals surface area (Å²) in [6, 6.07) is 0. The largest absolute Gasteiger partial charge is 0.0654 e. The summed E-state index contributed by atoms with van der Waals surface area (Å²) in [4.78, 5) is 0. The predicted octanol–water partition coefficient (Wildman–Crippen LogP) is 4.15. The number of unbranched alkanes of at least 4 members (excludes halogenated alkanes) is 2. The van der Waals surface area contributed by atoms with E-state index in [0.717, 1.165) is 5.92 Å². The first-order valence-corrected chi connectivity index (χ1v) is 5.43. The van der Waals surface area contributed by atoms with Crippen molar-refractivity contribution < 1.29 is 0 Å². The van der Waals surface area contributed by atoms with Gasteiger partial charge in [0.25, 0.3) is 0 Å². The summed E-state index contributed by atoms with van der Waals surface area (Å²) in [6.45, 7) is 2.29. The maximum Gasteiger partial charge on any atom is -0.0414 e. The zero-order valence-corrected chi connectivity index (χ0v) is 7.94. The molecule has 0 aromatic carbocycles. The van der Waals surface area contributed by atoms with Crippen molar-refractivity contribution in [2.45, 2.75) is 64.7 Å². The summed E-state index contributed by atoms with van der Waals surface area (Å²) in [5.41, 5.74) is 0. The summed E-state index contributed by atoms with van der Waals surface area (Å²) in [6.07, 6.45) is 13.4. The van der Waals surface area contributed by atoms with Crippen LogP contribution in [0.3, 0.4) is 0 Å². The highest BCUT2D eigenvalue weighted by Gasteiger charge is 2.11. The minimum atomic E-state index is 1.11. The van der Waals surface area contributed by atoms with Crippen molar-refractivity contribution in [3.63, 3.8) is 0 Å². The Kier molecular flexibility index (Phi) is 4.65. The first kappa shape index (κ1) is 9.09. The van der Waals surface area contributed by atoms with Crippen LogP contribution in [0.15, 0.2) is 0 Å². The summed E-state index contributed by atoms with van der Waals surface area (Å²) in [7, 11) is 0. The van der Waals surface area contributed by atoms with Gasteiger partial charge in [0.2, 0.25) is 0 Å². The van der Waals surface area contributed by atoms with E-state index in [2.05, 4.69) is 6.92 Å². The zero-order chi connectivity index (χ0) is 7.94. The van der Waals surface area contributed by atoms with Crippen molar-refractivity contribution in [3.8, 4) is 0 Å². The van der Waals surface area contributed by atoms with Crippen molar-refractivity contribution in [2.24, 2.45) is 5.92 Å². The lowest BCUT2D eigenvalue weighted by atomic mass is 9.86. The van der Waals surface area contributed by atoms with Crippen LogP contribution in [0.25, 0.3) is 0 Å². The second-order valence-electron chi connectivity index (χ2n) is 4.00. The lowest BCUT2D eigenvalue weighted by molar-refractivity contribution is 0.329. The molecule has 1 fully saturated rings. The fourth-order valence-electron chi connectivity index (χ4n) is 2.16. The van der Waals surface area contributed by atoms with Gasteiger partial charge in [-0.25, -0.2) is 0 Å².